The fourth-order valence-electron chi connectivity index (χ4n) is 4.52. The molecule has 148 valence electrons. The Hall–Kier alpha value is -2.17. The van der Waals surface area contributed by atoms with Gasteiger partial charge in [0.05, 0.1) is 6.61 Å². The molecule has 3 aliphatic rings. The highest BCUT2D eigenvalue weighted by atomic mass is 16.5. The van der Waals surface area contributed by atoms with Gasteiger partial charge in [-0.2, -0.15) is 0 Å². The van der Waals surface area contributed by atoms with Crippen LogP contribution in [0.15, 0.2) is 60.7 Å². The van der Waals surface area contributed by atoms with E-state index in [4.69, 9.17) is 4.74 Å². The van der Waals surface area contributed by atoms with Crippen LogP contribution in [0.5, 0.6) is 0 Å². The molecule has 0 aliphatic carbocycles. The van der Waals surface area contributed by atoms with E-state index in [1.54, 1.807) is 0 Å². The first-order chi connectivity index (χ1) is 13.8. The van der Waals surface area contributed by atoms with Gasteiger partial charge in [0.15, 0.2) is 0 Å². The van der Waals surface area contributed by atoms with E-state index in [1.807, 2.05) is 36.4 Å². The zero-order chi connectivity index (χ0) is 19.2. The Morgan fingerprint density at radius 3 is 2.46 bits per heavy atom. The molecule has 0 N–H and O–H groups in total. The Morgan fingerprint density at radius 2 is 1.68 bits per heavy atom. The van der Waals surface area contributed by atoms with Gasteiger partial charge >= 0.3 is 0 Å². The lowest BCUT2D eigenvalue weighted by Gasteiger charge is -2.36. The second-order valence-corrected chi connectivity index (χ2v) is 8.06. The van der Waals surface area contributed by atoms with Crippen molar-refractivity contribution in [2.75, 3.05) is 32.8 Å². The summed E-state index contributed by atoms with van der Waals surface area (Å²) < 4.78 is 5.85. The molecule has 3 heterocycles. The molecule has 3 saturated heterocycles. The number of piperidine rings is 1. The van der Waals surface area contributed by atoms with Crippen molar-refractivity contribution in [3.05, 3.63) is 71.8 Å². The molecule has 5 rings (SSSR count). The van der Waals surface area contributed by atoms with Crippen LogP contribution < -0.4 is 0 Å². The maximum absolute atomic E-state index is 12.9. The molecule has 4 heteroatoms. The van der Waals surface area contributed by atoms with Gasteiger partial charge in [-0.3, -0.25) is 9.69 Å². The van der Waals surface area contributed by atoms with E-state index >= 15 is 0 Å². The molecule has 1 amide bonds. The Morgan fingerprint density at radius 1 is 0.929 bits per heavy atom. The zero-order valence-electron chi connectivity index (χ0n) is 16.5. The normalized spacial score (nSPS) is 22.2. The molecule has 0 radical (unpaired) electrons. The van der Waals surface area contributed by atoms with E-state index in [-0.39, 0.29) is 5.91 Å². The highest BCUT2D eigenvalue weighted by Gasteiger charge is 2.36. The summed E-state index contributed by atoms with van der Waals surface area (Å²) in [4.78, 5) is 17.6. The van der Waals surface area contributed by atoms with Crippen molar-refractivity contribution in [1.29, 1.82) is 0 Å². The summed E-state index contributed by atoms with van der Waals surface area (Å²) >= 11 is 0. The van der Waals surface area contributed by atoms with Crippen molar-refractivity contribution in [3.63, 3.8) is 0 Å². The Balaban J connectivity index is 1.26. The largest absolute Gasteiger partial charge is 0.377 e. The molecule has 0 spiro atoms. The third-order valence-electron chi connectivity index (χ3n) is 5.98. The average Bonchev–Trinajstić information content (AvgIpc) is 3.06. The van der Waals surface area contributed by atoms with Crippen LogP contribution >= 0.6 is 0 Å². The number of carbonyl (C=O) groups excluding carboxylic acids is 1. The highest BCUT2D eigenvalue weighted by molar-refractivity contribution is 5.94. The third kappa shape index (κ3) is 4.81. The Labute approximate surface area is 168 Å². The number of carbonyl (C=O) groups is 1. The highest BCUT2D eigenvalue weighted by Crippen LogP contribution is 2.28. The number of nitrogens with zero attached hydrogens (tertiary/aromatic N) is 2. The Kier molecular flexibility index (Phi) is 6.40. The van der Waals surface area contributed by atoms with Gasteiger partial charge in [-0.25, -0.2) is 0 Å². The minimum absolute atomic E-state index is 0.186. The average molecular weight is 379 g/mol. The molecule has 2 atom stereocenters. The van der Waals surface area contributed by atoms with E-state index in [1.165, 1.54) is 18.4 Å². The first-order valence-corrected chi connectivity index (χ1v) is 10.5. The molecule has 4 nitrogen and oxygen atoms in total. The SMILES string of the molecule is O=C(c1ccccc1)N1C[C@H]2CC[C@@H](C1)N(CCCOCc1ccccc1)C2. The second kappa shape index (κ2) is 9.35. The number of amides is 1. The van der Waals surface area contributed by atoms with Crippen LogP contribution in [0, 0.1) is 5.92 Å². The van der Waals surface area contributed by atoms with E-state index in [9.17, 15) is 4.79 Å². The van der Waals surface area contributed by atoms with Crippen molar-refractivity contribution in [3.8, 4) is 0 Å². The summed E-state index contributed by atoms with van der Waals surface area (Å²) in [5.74, 6) is 0.780. The van der Waals surface area contributed by atoms with Gasteiger partial charge in [-0.05, 0) is 42.9 Å². The maximum Gasteiger partial charge on any atom is 0.253 e. The monoisotopic (exact) mass is 378 g/mol. The van der Waals surface area contributed by atoms with Crippen molar-refractivity contribution >= 4 is 5.91 Å². The smallest absolute Gasteiger partial charge is 0.253 e. The van der Waals surface area contributed by atoms with Crippen molar-refractivity contribution in [2.45, 2.75) is 31.9 Å². The van der Waals surface area contributed by atoms with Gasteiger partial charge in [0, 0.05) is 44.4 Å². The minimum Gasteiger partial charge on any atom is -0.377 e. The van der Waals surface area contributed by atoms with Crippen molar-refractivity contribution < 1.29 is 9.53 Å². The molecule has 2 aromatic carbocycles. The number of ether oxygens (including phenoxy) is 1. The van der Waals surface area contributed by atoms with Gasteiger partial charge in [-0.1, -0.05) is 48.5 Å². The van der Waals surface area contributed by atoms with Crippen LogP contribution in [0.25, 0.3) is 0 Å². The lowest BCUT2D eigenvalue weighted by atomic mass is 9.95. The van der Waals surface area contributed by atoms with Crippen LogP contribution in [0.1, 0.15) is 35.2 Å². The fourth-order valence-corrected chi connectivity index (χ4v) is 4.52. The maximum atomic E-state index is 12.9. The molecule has 2 aromatic rings. The number of benzene rings is 2. The first kappa shape index (κ1) is 19.2. The van der Waals surface area contributed by atoms with E-state index in [0.29, 0.717) is 18.6 Å². The van der Waals surface area contributed by atoms with E-state index in [0.717, 1.165) is 44.8 Å². The summed E-state index contributed by atoms with van der Waals surface area (Å²) in [6.45, 7) is 5.40. The number of hydrogen-bond acceptors (Lipinski definition) is 3. The summed E-state index contributed by atoms with van der Waals surface area (Å²) in [5.41, 5.74) is 2.04. The van der Waals surface area contributed by atoms with Crippen LogP contribution in [-0.2, 0) is 11.3 Å². The van der Waals surface area contributed by atoms with Crippen LogP contribution in [-0.4, -0.2) is 54.5 Å². The summed E-state index contributed by atoms with van der Waals surface area (Å²) in [7, 11) is 0. The molecular weight excluding hydrogens is 348 g/mol. The topological polar surface area (TPSA) is 32.8 Å². The molecule has 0 aromatic heterocycles. The summed E-state index contributed by atoms with van der Waals surface area (Å²) in [6, 6.07) is 20.5. The predicted octanol–water partition coefficient (Wildman–Crippen LogP) is 3.83. The van der Waals surface area contributed by atoms with Gasteiger partial charge in [-0.15, -0.1) is 0 Å². The molecule has 3 fully saturated rings. The van der Waals surface area contributed by atoms with Crippen LogP contribution in [0.3, 0.4) is 0 Å². The van der Waals surface area contributed by atoms with Crippen LogP contribution in [0.2, 0.25) is 0 Å². The minimum atomic E-state index is 0.186. The van der Waals surface area contributed by atoms with Crippen molar-refractivity contribution in [2.24, 2.45) is 5.92 Å². The quantitative estimate of drug-likeness (QED) is 0.687. The zero-order valence-corrected chi connectivity index (χ0v) is 16.5. The molecule has 28 heavy (non-hydrogen) atoms. The van der Waals surface area contributed by atoms with Gasteiger partial charge < -0.3 is 9.64 Å². The number of rotatable bonds is 7. The third-order valence-corrected chi connectivity index (χ3v) is 5.98. The van der Waals surface area contributed by atoms with E-state index < -0.39 is 0 Å². The lowest BCUT2D eigenvalue weighted by molar-refractivity contribution is 0.0722. The molecule has 2 bridgehead atoms. The number of fused-ring (bicyclic) bond motifs is 4. The first-order valence-electron chi connectivity index (χ1n) is 10.5. The lowest BCUT2D eigenvalue weighted by Crippen LogP contribution is -2.45. The summed E-state index contributed by atoms with van der Waals surface area (Å²) in [5, 5.41) is 0. The van der Waals surface area contributed by atoms with Gasteiger partial charge in [0.1, 0.15) is 0 Å². The molecular formula is C24H30N2O2. The summed E-state index contributed by atoms with van der Waals surface area (Å²) in [6.07, 6.45) is 3.49. The van der Waals surface area contributed by atoms with Crippen molar-refractivity contribution in [1.82, 2.24) is 9.80 Å². The molecule has 0 saturated carbocycles. The van der Waals surface area contributed by atoms with Gasteiger partial charge in [0.25, 0.3) is 5.91 Å². The van der Waals surface area contributed by atoms with Crippen LogP contribution in [0.4, 0.5) is 0 Å². The van der Waals surface area contributed by atoms with Gasteiger partial charge in [0.2, 0.25) is 0 Å². The van der Waals surface area contributed by atoms with E-state index in [2.05, 4.69) is 34.1 Å². The predicted molar refractivity (Wildman–Crippen MR) is 111 cm³/mol. The Bertz CT molecular complexity index is 750. The standard InChI is InChI=1S/C24H30N2O2/c27-24(22-10-5-2-6-11-22)26-17-21-12-13-23(18-26)25(16-21)14-7-15-28-19-20-8-3-1-4-9-20/h1-6,8-11,21,23H,7,12-19H2/t21-,23-/m0/s1. The fraction of sp³-hybridized carbons (Fsp3) is 0.458. The number of hydrogen-bond donors (Lipinski definition) is 0. The second-order valence-electron chi connectivity index (χ2n) is 8.06. The molecule has 0 unspecified atom stereocenters. The molecule has 3 aliphatic heterocycles.